The molecule has 2 heterocycles. The average Bonchev–Trinajstić information content (AvgIpc) is 2.58. The number of hydrogen-bond donors (Lipinski definition) is 1. The monoisotopic (exact) mass is 165 g/mol. The van der Waals surface area contributed by atoms with Crippen LogP contribution in [0.3, 0.4) is 0 Å². The molecule has 0 radical (unpaired) electrons. The maximum atomic E-state index is 5.59. The fraction of sp³-hybridized carbons (Fsp3) is 0.375. The third-order valence-corrected chi connectivity index (χ3v) is 1.95. The van der Waals surface area contributed by atoms with Crippen LogP contribution in [-0.4, -0.2) is 23.1 Å². The van der Waals surface area contributed by atoms with Gasteiger partial charge in [0.05, 0.1) is 6.20 Å². The van der Waals surface area contributed by atoms with Crippen molar-refractivity contribution < 1.29 is 4.42 Å². The largest absolute Gasteiger partial charge is 0.445 e. The molecule has 2 rings (SSSR count). The maximum Gasteiger partial charge on any atom is 0.221 e. The van der Waals surface area contributed by atoms with Crippen LogP contribution >= 0.6 is 0 Å². The van der Waals surface area contributed by atoms with E-state index in [2.05, 4.69) is 11.1 Å². The van der Waals surface area contributed by atoms with E-state index in [4.69, 9.17) is 10.3 Å². The molecule has 1 aromatic rings. The second kappa shape index (κ2) is 3.08. The number of aromatic nitrogens is 1. The lowest BCUT2D eigenvalue weighted by Gasteiger charge is -2.19. The number of hydrogen-bond acceptors (Lipinski definition) is 4. The first-order valence-corrected chi connectivity index (χ1v) is 3.95. The predicted octanol–water partition coefficient (Wildman–Crippen LogP) is 0.637. The van der Waals surface area contributed by atoms with Crippen LogP contribution in [0.25, 0.3) is 5.57 Å². The molecule has 0 aromatic carbocycles. The average molecular weight is 165 g/mol. The Morgan fingerprint density at radius 3 is 3.08 bits per heavy atom. The Kier molecular flexibility index (Phi) is 1.93. The summed E-state index contributed by atoms with van der Waals surface area (Å²) >= 11 is 0. The van der Waals surface area contributed by atoms with Gasteiger partial charge in [0.15, 0.2) is 0 Å². The molecule has 0 saturated carbocycles. The summed E-state index contributed by atoms with van der Waals surface area (Å²) in [6.07, 6.45) is 6.21. The summed E-state index contributed by atoms with van der Waals surface area (Å²) in [5.41, 5.74) is 1.15. The van der Waals surface area contributed by atoms with E-state index < -0.39 is 0 Å². The van der Waals surface area contributed by atoms with Gasteiger partial charge in [-0.1, -0.05) is 6.08 Å². The van der Waals surface area contributed by atoms with Crippen LogP contribution in [0, 0.1) is 0 Å². The van der Waals surface area contributed by atoms with E-state index in [0.29, 0.717) is 0 Å². The van der Waals surface area contributed by atoms with Crippen molar-refractivity contribution in [1.29, 1.82) is 0 Å². The molecule has 64 valence electrons. The van der Waals surface area contributed by atoms with E-state index in [1.54, 1.807) is 17.5 Å². The number of hydrazine groups is 1. The standard InChI is InChI=1S/C8H11N3O/c9-11-4-1-7(2-5-11)8-10-3-6-12-8/h1,3,6H,2,4-5,9H2. The molecule has 4 heteroatoms. The molecule has 2 N–H and O–H groups in total. The van der Waals surface area contributed by atoms with E-state index in [9.17, 15) is 0 Å². The molecule has 1 aliphatic rings. The fourth-order valence-corrected chi connectivity index (χ4v) is 1.26. The van der Waals surface area contributed by atoms with Crippen LogP contribution in [-0.2, 0) is 0 Å². The molecule has 1 aromatic heterocycles. The van der Waals surface area contributed by atoms with E-state index in [1.165, 1.54) is 0 Å². The zero-order chi connectivity index (χ0) is 8.39. The molecule has 12 heavy (non-hydrogen) atoms. The van der Waals surface area contributed by atoms with Crippen molar-refractivity contribution in [2.75, 3.05) is 13.1 Å². The summed E-state index contributed by atoms with van der Waals surface area (Å²) in [5, 5.41) is 1.77. The van der Waals surface area contributed by atoms with Gasteiger partial charge in [-0.25, -0.2) is 9.99 Å². The van der Waals surface area contributed by atoms with Gasteiger partial charge < -0.3 is 4.42 Å². The van der Waals surface area contributed by atoms with Gasteiger partial charge in [0.2, 0.25) is 5.89 Å². The Labute approximate surface area is 70.6 Å². The Morgan fingerprint density at radius 1 is 1.58 bits per heavy atom. The first-order valence-electron chi connectivity index (χ1n) is 3.95. The summed E-state index contributed by atoms with van der Waals surface area (Å²) in [6, 6.07) is 0. The van der Waals surface area contributed by atoms with Gasteiger partial charge in [0.1, 0.15) is 6.26 Å². The molecule has 0 saturated heterocycles. The van der Waals surface area contributed by atoms with Gasteiger partial charge >= 0.3 is 0 Å². The van der Waals surface area contributed by atoms with Crippen molar-refractivity contribution in [3.05, 3.63) is 24.4 Å². The number of nitrogens with two attached hydrogens (primary N) is 1. The topological polar surface area (TPSA) is 55.3 Å². The normalized spacial score (nSPS) is 19.2. The summed E-state index contributed by atoms with van der Waals surface area (Å²) < 4.78 is 5.17. The Morgan fingerprint density at radius 2 is 2.50 bits per heavy atom. The Bertz CT molecular complexity index is 279. The van der Waals surface area contributed by atoms with Gasteiger partial charge in [0.25, 0.3) is 0 Å². The number of oxazole rings is 1. The Balaban J connectivity index is 2.16. The lowest BCUT2D eigenvalue weighted by Crippen LogP contribution is -2.34. The van der Waals surface area contributed by atoms with Gasteiger partial charge in [-0.15, -0.1) is 0 Å². The molecular formula is C8H11N3O. The molecule has 0 aliphatic carbocycles. The van der Waals surface area contributed by atoms with Crippen molar-refractivity contribution in [3.8, 4) is 0 Å². The first-order chi connectivity index (χ1) is 5.86. The van der Waals surface area contributed by atoms with Crippen LogP contribution < -0.4 is 5.84 Å². The molecule has 4 nitrogen and oxygen atoms in total. The number of nitrogens with zero attached hydrogens (tertiary/aromatic N) is 2. The molecule has 0 bridgehead atoms. The molecule has 0 spiro atoms. The Hall–Kier alpha value is -1.13. The fourth-order valence-electron chi connectivity index (χ4n) is 1.26. The summed E-state index contributed by atoms with van der Waals surface area (Å²) in [5.74, 6) is 6.31. The van der Waals surface area contributed by atoms with E-state index in [1.807, 2.05) is 0 Å². The summed E-state index contributed by atoms with van der Waals surface area (Å²) in [4.78, 5) is 4.07. The zero-order valence-corrected chi connectivity index (χ0v) is 6.73. The quantitative estimate of drug-likeness (QED) is 0.620. The van der Waals surface area contributed by atoms with Crippen molar-refractivity contribution in [3.63, 3.8) is 0 Å². The van der Waals surface area contributed by atoms with Gasteiger partial charge in [0, 0.05) is 18.7 Å². The smallest absolute Gasteiger partial charge is 0.221 e. The van der Waals surface area contributed by atoms with Gasteiger partial charge in [-0.3, -0.25) is 5.84 Å². The maximum absolute atomic E-state index is 5.59. The highest BCUT2D eigenvalue weighted by molar-refractivity contribution is 5.59. The second-order valence-electron chi connectivity index (χ2n) is 2.81. The minimum atomic E-state index is 0.725. The van der Waals surface area contributed by atoms with Crippen LogP contribution in [0.2, 0.25) is 0 Å². The van der Waals surface area contributed by atoms with Crippen LogP contribution in [0.1, 0.15) is 12.3 Å². The highest BCUT2D eigenvalue weighted by atomic mass is 16.3. The van der Waals surface area contributed by atoms with Crippen molar-refractivity contribution in [2.45, 2.75) is 6.42 Å². The summed E-state index contributed by atoms with van der Waals surface area (Å²) in [7, 11) is 0. The molecule has 0 fully saturated rings. The van der Waals surface area contributed by atoms with Gasteiger partial charge in [-0.2, -0.15) is 0 Å². The molecule has 1 aliphatic heterocycles. The van der Waals surface area contributed by atoms with E-state index in [-0.39, 0.29) is 0 Å². The van der Waals surface area contributed by atoms with Crippen LogP contribution in [0.15, 0.2) is 23.0 Å². The SMILES string of the molecule is NN1CC=C(c2ncco2)CC1. The van der Waals surface area contributed by atoms with Crippen LogP contribution in [0.5, 0.6) is 0 Å². The third-order valence-electron chi connectivity index (χ3n) is 1.95. The lowest BCUT2D eigenvalue weighted by molar-refractivity contribution is 0.312. The lowest BCUT2D eigenvalue weighted by atomic mass is 10.1. The third kappa shape index (κ3) is 1.39. The highest BCUT2D eigenvalue weighted by Crippen LogP contribution is 2.18. The minimum absolute atomic E-state index is 0.725. The van der Waals surface area contributed by atoms with Crippen molar-refractivity contribution >= 4 is 5.57 Å². The first kappa shape index (κ1) is 7.52. The van der Waals surface area contributed by atoms with Gasteiger partial charge in [-0.05, 0) is 6.42 Å². The highest BCUT2D eigenvalue weighted by Gasteiger charge is 2.12. The predicted molar refractivity (Wildman–Crippen MR) is 44.9 cm³/mol. The summed E-state index contributed by atoms with van der Waals surface area (Å²) in [6.45, 7) is 1.64. The molecule has 0 atom stereocenters. The van der Waals surface area contributed by atoms with E-state index >= 15 is 0 Å². The second-order valence-corrected chi connectivity index (χ2v) is 2.81. The minimum Gasteiger partial charge on any atom is -0.445 e. The van der Waals surface area contributed by atoms with Crippen LogP contribution in [0.4, 0.5) is 0 Å². The zero-order valence-electron chi connectivity index (χ0n) is 6.73. The van der Waals surface area contributed by atoms with E-state index in [0.717, 1.165) is 31.0 Å². The molecule has 0 unspecified atom stereocenters. The molecule has 0 amide bonds. The number of rotatable bonds is 1. The molecular weight excluding hydrogens is 154 g/mol. The van der Waals surface area contributed by atoms with Crippen molar-refractivity contribution in [1.82, 2.24) is 9.99 Å². The van der Waals surface area contributed by atoms with Crippen molar-refractivity contribution in [2.24, 2.45) is 5.84 Å².